The number of fused-ring (bicyclic) bond motifs is 1. The Balaban J connectivity index is 1.37. The lowest BCUT2D eigenvalue weighted by Crippen LogP contribution is -2.44. The summed E-state index contributed by atoms with van der Waals surface area (Å²) in [6.45, 7) is 4.99. The average Bonchev–Trinajstić information content (AvgIpc) is 3.13. The maximum absolute atomic E-state index is 13.1. The number of anilines is 1. The zero-order valence-electron chi connectivity index (χ0n) is 19.5. The highest BCUT2D eigenvalue weighted by molar-refractivity contribution is 8.00. The minimum Gasteiger partial charge on any atom is -0.379 e. The van der Waals surface area contributed by atoms with E-state index in [2.05, 4.69) is 10.2 Å². The molecule has 4 rings (SSSR count). The molecule has 3 aliphatic heterocycles. The van der Waals surface area contributed by atoms with Crippen LogP contribution in [0.15, 0.2) is 28.0 Å². The van der Waals surface area contributed by atoms with Crippen molar-refractivity contribution in [2.45, 2.75) is 41.9 Å². The molecule has 0 bridgehead atoms. The standard InChI is InChI=1S/C23H34N4O5S2/c28-22(24-8-5-11-25-9-3-1-2-4-10-25)17-27-20-16-19(6-7-21(20)33-18-23(27)29)34(30,31)26-12-14-32-15-13-26/h6-7,16H,1-5,8-15,17-18H2,(H,24,28). The van der Waals surface area contributed by atoms with E-state index in [1.807, 2.05) is 0 Å². The summed E-state index contributed by atoms with van der Waals surface area (Å²) in [5.74, 6) is -0.202. The van der Waals surface area contributed by atoms with Crippen LogP contribution in [0.5, 0.6) is 0 Å². The number of rotatable bonds is 8. The molecule has 3 aliphatic rings. The SMILES string of the molecule is O=C(CN1C(=O)CSc2ccc(S(=O)(=O)N3CCOCC3)cc21)NCCCN1CCCCCC1. The van der Waals surface area contributed by atoms with E-state index in [1.54, 1.807) is 12.1 Å². The number of nitrogens with one attached hydrogen (secondary N) is 1. The number of hydrogen-bond acceptors (Lipinski definition) is 7. The van der Waals surface area contributed by atoms with Crippen molar-refractivity contribution >= 4 is 39.3 Å². The Labute approximate surface area is 206 Å². The Morgan fingerprint density at radius 2 is 1.79 bits per heavy atom. The fraction of sp³-hybridized carbons (Fsp3) is 0.652. The van der Waals surface area contributed by atoms with Crippen molar-refractivity contribution in [2.75, 3.05) is 69.7 Å². The molecule has 2 saturated heterocycles. The smallest absolute Gasteiger partial charge is 0.243 e. The van der Waals surface area contributed by atoms with Gasteiger partial charge >= 0.3 is 0 Å². The molecule has 0 aliphatic carbocycles. The minimum atomic E-state index is -3.69. The quantitative estimate of drug-likeness (QED) is 0.530. The van der Waals surface area contributed by atoms with E-state index in [9.17, 15) is 18.0 Å². The molecule has 1 aromatic carbocycles. The lowest BCUT2D eigenvalue weighted by molar-refractivity contribution is -0.123. The summed E-state index contributed by atoms with van der Waals surface area (Å²) in [6.07, 6.45) is 5.95. The van der Waals surface area contributed by atoms with Crippen LogP contribution in [0, 0.1) is 0 Å². The summed E-state index contributed by atoms with van der Waals surface area (Å²) >= 11 is 1.36. The average molecular weight is 511 g/mol. The van der Waals surface area contributed by atoms with Crippen LogP contribution >= 0.6 is 11.8 Å². The predicted molar refractivity (Wildman–Crippen MR) is 132 cm³/mol. The van der Waals surface area contributed by atoms with Gasteiger partial charge in [-0.15, -0.1) is 11.8 Å². The molecule has 3 heterocycles. The molecule has 0 saturated carbocycles. The third-order valence-electron chi connectivity index (χ3n) is 6.45. The Morgan fingerprint density at radius 1 is 1.06 bits per heavy atom. The zero-order chi connectivity index (χ0) is 24.0. The van der Waals surface area contributed by atoms with Gasteiger partial charge in [-0.25, -0.2) is 8.42 Å². The summed E-state index contributed by atoms with van der Waals surface area (Å²) in [4.78, 5) is 30.1. The van der Waals surface area contributed by atoms with Crippen LogP contribution in [-0.2, 0) is 24.3 Å². The van der Waals surface area contributed by atoms with Crippen molar-refractivity contribution in [3.8, 4) is 0 Å². The summed E-state index contributed by atoms with van der Waals surface area (Å²) in [6, 6.07) is 4.83. The van der Waals surface area contributed by atoms with Crippen molar-refractivity contribution in [3.63, 3.8) is 0 Å². The lowest BCUT2D eigenvalue weighted by Gasteiger charge is -2.30. The van der Waals surface area contributed by atoms with E-state index in [4.69, 9.17) is 4.74 Å². The number of hydrogen-bond donors (Lipinski definition) is 1. The maximum Gasteiger partial charge on any atom is 0.243 e. The Bertz CT molecular complexity index is 974. The Kier molecular flexibility index (Phi) is 8.86. The maximum atomic E-state index is 13.1. The van der Waals surface area contributed by atoms with Gasteiger partial charge in [0.15, 0.2) is 0 Å². The van der Waals surface area contributed by atoms with Crippen molar-refractivity contribution in [2.24, 2.45) is 0 Å². The van der Waals surface area contributed by atoms with E-state index in [-0.39, 0.29) is 29.0 Å². The van der Waals surface area contributed by atoms with Crippen molar-refractivity contribution in [1.82, 2.24) is 14.5 Å². The first-order chi connectivity index (χ1) is 16.4. The van der Waals surface area contributed by atoms with Crippen LogP contribution in [0.1, 0.15) is 32.1 Å². The first-order valence-electron chi connectivity index (χ1n) is 12.1. The fourth-order valence-electron chi connectivity index (χ4n) is 4.54. The van der Waals surface area contributed by atoms with Gasteiger partial charge in [-0.3, -0.25) is 9.59 Å². The summed E-state index contributed by atoms with van der Waals surface area (Å²) in [7, 11) is -3.69. The number of sulfonamides is 1. The number of ether oxygens (including phenoxy) is 1. The molecule has 188 valence electrons. The third-order valence-corrected chi connectivity index (χ3v) is 9.40. The van der Waals surface area contributed by atoms with Gasteiger partial charge in [0.25, 0.3) is 0 Å². The van der Waals surface area contributed by atoms with Gasteiger partial charge in [0.2, 0.25) is 21.8 Å². The molecule has 9 nitrogen and oxygen atoms in total. The normalized spacial score (nSPS) is 20.6. The zero-order valence-corrected chi connectivity index (χ0v) is 21.2. The second-order valence-corrected chi connectivity index (χ2v) is 11.8. The molecule has 0 radical (unpaired) electrons. The molecular weight excluding hydrogens is 476 g/mol. The molecule has 0 atom stereocenters. The van der Waals surface area contributed by atoms with Gasteiger partial charge < -0.3 is 19.9 Å². The Morgan fingerprint density at radius 3 is 2.53 bits per heavy atom. The van der Waals surface area contributed by atoms with E-state index < -0.39 is 10.0 Å². The number of benzene rings is 1. The molecule has 2 amide bonds. The van der Waals surface area contributed by atoms with Crippen LogP contribution in [0.3, 0.4) is 0 Å². The second kappa shape index (κ2) is 11.9. The number of likely N-dealkylation sites (tertiary alicyclic amines) is 1. The van der Waals surface area contributed by atoms with Gasteiger partial charge in [-0.2, -0.15) is 4.31 Å². The highest BCUT2D eigenvalue weighted by atomic mass is 32.2. The van der Waals surface area contributed by atoms with Crippen LogP contribution in [-0.4, -0.2) is 94.2 Å². The monoisotopic (exact) mass is 510 g/mol. The predicted octanol–water partition coefficient (Wildman–Crippen LogP) is 1.53. The van der Waals surface area contributed by atoms with Crippen LogP contribution in [0.2, 0.25) is 0 Å². The third kappa shape index (κ3) is 6.31. The van der Waals surface area contributed by atoms with E-state index in [0.717, 1.165) is 31.0 Å². The molecule has 0 aromatic heterocycles. The fourth-order valence-corrected chi connectivity index (χ4v) is 6.89. The highest BCUT2D eigenvalue weighted by Gasteiger charge is 2.31. The van der Waals surface area contributed by atoms with E-state index in [1.165, 1.54) is 52.7 Å². The van der Waals surface area contributed by atoms with E-state index in [0.29, 0.717) is 38.5 Å². The topological polar surface area (TPSA) is 99.3 Å². The van der Waals surface area contributed by atoms with Crippen molar-refractivity contribution in [1.29, 1.82) is 0 Å². The molecule has 34 heavy (non-hydrogen) atoms. The van der Waals surface area contributed by atoms with E-state index >= 15 is 0 Å². The van der Waals surface area contributed by atoms with Gasteiger partial charge in [0.05, 0.1) is 29.5 Å². The van der Waals surface area contributed by atoms with Gasteiger partial charge in [0.1, 0.15) is 6.54 Å². The number of carbonyl (C=O) groups excluding carboxylic acids is 2. The van der Waals surface area contributed by atoms with Gasteiger partial charge in [-0.05, 0) is 57.1 Å². The second-order valence-electron chi connectivity index (χ2n) is 8.87. The molecule has 1 aromatic rings. The molecule has 0 spiro atoms. The number of carbonyl (C=O) groups is 2. The number of nitrogens with zero attached hydrogens (tertiary/aromatic N) is 3. The molecular formula is C23H34N4O5S2. The van der Waals surface area contributed by atoms with Crippen LogP contribution in [0.4, 0.5) is 5.69 Å². The van der Waals surface area contributed by atoms with Gasteiger partial charge in [-0.1, -0.05) is 12.8 Å². The van der Waals surface area contributed by atoms with Crippen LogP contribution in [0.25, 0.3) is 0 Å². The molecule has 2 fully saturated rings. The summed E-state index contributed by atoms with van der Waals surface area (Å²) < 4.78 is 32.8. The highest BCUT2D eigenvalue weighted by Crippen LogP contribution is 2.37. The number of amides is 2. The first-order valence-corrected chi connectivity index (χ1v) is 14.5. The molecule has 0 unspecified atom stereocenters. The number of thioether (sulfide) groups is 1. The molecule has 1 N–H and O–H groups in total. The summed E-state index contributed by atoms with van der Waals surface area (Å²) in [5, 5.41) is 2.93. The van der Waals surface area contributed by atoms with Gasteiger partial charge in [0, 0.05) is 24.5 Å². The molecule has 11 heteroatoms. The first kappa shape index (κ1) is 25.4. The number of morpholine rings is 1. The summed E-state index contributed by atoms with van der Waals surface area (Å²) in [5.41, 5.74) is 0.482. The minimum absolute atomic E-state index is 0.114. The largest absolute Gasteiger partial charge is 0.379 e. The van der Waals surface area contributed by atoms with Crippen LogP contribution < -0.4 is 10.2 Å². The van der Waals surface area contributed by atoms with Crippen molar-refractivity contribution in [3.05, 3.63) is 18.2 Å². The van der Waals surface area contributed by atoms with Crippen molar-refractivity contribution < 1.29 is 22.7 Å². The lowest BCUT2D eigenvalue weighted by atomic mass is 10.2. The Hall–Kier alpha value is -1.66.